The lowest BCUT2D eigenvalue weighted by Gasteiger charge is -2.12. The molecule has 2 amide bonds. The fourth-order valence-electron chi connectivity index (χ4n) is 3.27. The first kappa shape index (κ1) is 20.1. The Balaban J connectivity index is 1.57. The largest absolute Gasteiger partial charge is 0.397 e. The molecule has 0 fully saturated rings. The molecule has 0 spiro atoms. The number of pyridine rings is 1. The Labute approximate surface area is 168 Å². The zero-order chi connectivity index (χ0) is 20.8. The Bertz CT molecular complexity index is 1100. The Kier molecular flexibility index (Phi) is 6.29. The number of aryl methyl sites for hydroxylation is 1. The normalized spacial score (nSPS) is 10.8. The van der Waals surface area contributed by atoms with Crippen LogP contribution in [0.1, 0.15) is 36.0 Å². The highest BCUT2D eigenvalue weighted by atomic mass is 16.2. The van der Waals surface area contributed by atoms with Crippen molar-refractivity contribution in [2.75, 3.05) is 11.1 Å². The standard InChI is InChI=1S/C22H24N4O3/c23-17-9-4-5-10-18(17)25-20(27)12-2-1-7-13-26-14-16(22(24)29)21(28)15-8-3-6-11-19(15)26/h3-6,8-11,14H,1-2,7,12-13,23H2,(H2,24,29)(H,25,27). The van der Waals surface area contributed by atoms with Crippen LogP contribution < -0.4 is 22.2 Å². The average Bonchev–Trinajstić information content (AvgIpc) is 2.71. The molecule has 3 aromatic rings. The Morgan fingerprint density at radius 3 is 2.45 bits per heavy atom. The fourth-order valence-corrected chi connectivity index (χ4v) is 3.27. The summed E-state index contributed by atoms with van der Waals surface area (Å²) in [7, 11) is 0. The number of hydrogen-bond donors (Lipinski definition) is 3. The first-order valence-electron chi connectivity index (χ1n) is 9.53. The smallest absolute Gasteiger partial charge is 0.254 e. The number of carbonyl (C=O) groups is 2. The minimum absolute atomic E-state index is 0.0106. The molecule has 3 rings (SSSR count). The van der Waals surface area contributed by atoms with Gasteiger partial charge in [-0.25, -0.2) is 0 Å². The second kappa shape index (κ2) is 9.05. The van der Waals surface area contributed by atoms with E-state index in [-0.39, 0.29) is 16.9 Å². The lowest BCUT2D eigenvalue weighted by molar-refractivity contribution is -0.116. The summed E-state index contributed by atoms with van der Waals surface area (Å²) in [6.07, 6.45) is 4.26. The number of para-hydroxylation sites is 3. The topological polar surface area (TPSA) is 120 Å². The maximum atomic E-state index is 12.4. The highest BCUT2D eigenvalue weighted by Gasteiger charge is 2.12. The number of fused-ring (bicyclic) bond motifs is 1. The van der Waals surface area contributed by atoms with E-state index in [4.69, 9.17) is 11.5 Å². The van der Waals surface area contributed by atoms with Gasteiger partial charge in [-0.15, -0.1) is 0 Å². The second-order valence-electron chi connectivity index (χ2n) is 6.89. The van der Waals surface area contributed by atoms with Crippen LogP contribution in [0, 0.1) is 0 Å². The van der Waals surface area contributed by atoms with Crippen molar-refractivity contribution in [2.24, 2.45) is 5.73 Å². The van der Waals surface area contributed by atoms with Gasteiger partial charge in [-0.1, -0.05) is 30.7 Å². The van der Waals surface area contributed by atoms with Gasteiger partial charge in [0.1, 0.15) is 5.56 Å². The zero-order valence-electron chi connectivity index (χ0n) is 16.1. The lowest BCUT2D eigenvalue weighted by Crippen LogP contribution is -2.24. The van der Waals surface area contributed by atoms with E-state index in [0.29, 0.717) is 29.7 Å². The minimum Gasteiger partial charge on any atom is -0.397 e. The number of nitrogens with zero attached hydrogens (tertiary/aromatic N) is 1. The van der Waals surface area contributed by atoms with Crippen LogP contribution in [-0.4, -0.2) is 16.4 Å². The summed E-state index contributed by atoms with van der Waals surface area (Å²) < 4.78 is 1.88. The predicted octanol–water partition coefficient (Wildman–Crippen LogP) is 2.88. The van der Waals surface area contributed by atoms with Gasteiger partial charge in [0, 0.05) is 24.5 Å². The summed E-state index contributed by atoms with van der Waals surface area (Å²) in [4.78, 5) is 36.1. The predicted molar refractivity (Wildman–Crippen MR) is 115 cm³/mol. The van der Waals surface area contributed by atoms with Gasteiger partial charge in [-0.3, -0.25) is 14.4 Å². The maximum Gasteiger partial charge on any atom is 0.254 e. The number of nitrogens with two attached hydrogens (primary N) is 2. The number of nitrogen functional groups attached to an aromatic ring is 1. The van der Waals surface area contributed by atoms with Gasteiger partial charge in [0.15, 0.2) is 0 Å². The quantitative estimate of drug-likeness (QED) is 0.403. The Hall–Kier alpha value is -3.61. The van der Waals surface area contributed by atoms with Crippen LogP contribution >= 0.6 is 0 Å². The van der Waals surface area contributed by atoms with Crippen LogP contribution in [-0.2, 0) is 11.3 Å². The Morgan fingerprint density at radius 1 is 0.966 bits per heavy atom. The minimum atomic E-state index is -0.730. The molecule has 0 atom stereocenters. The Morgan fingerprint density at radius 2 is 1.69 bits per heavy atom. The second-order valence-corrected chi connectivity index (χ2v) is 6.89. The molecule has 0 saturated carbocycles. The van der Waals surface area contributed by atoms with Crippen molar-refractivity contribution in [3.63, 3.8) is 0 Å². The van der Waals surface area contributed by atoms with Crippen molar-refractivity contribution in [2.45, 2.75) is 32.2 Å². The van der Waals surface area contributed by atoms with Crippen LogP contribution in [0.4, 0.5) is 11.4 Å². The summed E-state index contributed by atoms with van der Waals surface area (Å²) in [5.41, 5.74) is 12.7. The lowest BCUT2D eigenvalue weighted by atomic mass is 10.1. The van der Waals surface area contributed by atoms with Crippen molar-refractivity contribution >= 4 is 34.1 Å². The molecular formula is C22H24N4O3. The zero-order valence-corrected chi connectivity index (χ0v) is 16.1. The van der Waals surface area contributed by atoms with Crippen molar-refractivity contribution in [1.29, 1.82) is 0 Å². The van der Waals surface area contributed by atoms with E-state index in [1.165, 1.54) is 6.20 Å². The van der Waals surface area contributed by atoms with E-state index >= 15 is 0 Å². The molecule has 0 aliphatic heterocycles. The van der Waals surface area contributed by atoms with Crippen molar-refractivity contribution in [3.05, 3.63) is 70.5 Å². The maximum absolute atomic E-state index is 12.4. The van der Waals surface area contributed by atoms with Gasteiger partial charge in [-0.2, -0.15) is 0 Å². The molecular weight excluding hydrogens is 368 g/mol. The molecule has 0 bridgehead atoms. The molecule has 29 heavy (non-hydrogen) atoms. The summed E-state index contributed by atoms with van der Waals surface area (Å²) in [6.45, 7) is 0.619. The summed E-state index contributed by atoms with van der Waals surface area (Å²) in [5, 5.41) is 3.29. The van der Waals surface area contributed by atoms with E-state index in [1.54, 1.807) is 24.3 Å². The number of anilines is 2. The van der Waals surface area contributed by atoms with Crippen molar-refractivity contribution < 1.29 is 9.59 Å². The monoisotopic (exact) mass is 392 g/mol. The van der Waals surface area contributed by atoms with Crippen LogP contribution in [0.5, 0.6) is 0 Å². The van der Waals surface area contributed by atoms with E-state index in [9.17, 15) is 14.4 Å². The number of benzene rings is 2. The summed E-state index contributed by atoms with van der Waals surface area (Å²) >= 11 is 0. The summed E-state index contributed by atoms with van der Waals surface area (Å²) in [6, 6.07) is 14.3. The number of unbranched alkanes of at least 4 members (excludes halogenated alkanes) is 2. The molecule has 7 heteroatoms. The van der Waals surface area contributed by atoms with Crippen LogP contribution in [0.25, 0.3) is 10.9 Å². The number of primary amides is 1. The third-order valence-electron chi connectivity index (χ3n) is 4.79. The van der Waals surface area contributed by atoms with Crippen molar-refractivity contribution in [1.82, 2.24) is 4.57 Å². The number of hydrogen-bond acceptors (Lipinski definition) is 4. The molecule has 2 aromatic carbocycles. The number of nitrogens with one attached hydrogen (secondary N) is 1. The molecule has 5 N–H and O–H groups in total. The van der Waals surface area contributed by atoms with Gasteiger partial charge in [0.25, 0.3) is 5.91 Å². The third-order valence-corrected chi connectivity index (χ3v) is 4.79. The highest BCUT2D eigenvalue weighted by Crippen LogP contribution is 2.17. The van der Waals surface area contributed by atoms with Gasteiger partial charge in [0.05, 0.1) is 16.9 Å². The first-order valence-corrected chi connectivity index (χ1v) is 9.53. The van der Waals surface area contributed by atoms with Crippen LogP contribution in [0.2, 0.25) is 0 Å². The highest BCUT2D eigenvalue weighted by molar-refractivity contribution is 5.96. The number of aromatic nitrogens is 1. The summed E-state index contributed by atoms with van der Waals surface area (Å²) in [5.74, 6) is -0.806. The third kappa shape index (κ3) is 4.82. The van der Waals surface area contributed by atoms with E-state index in [1.807, 2.05) is 28.8 Å². The molecule has 0 unspecified atom stereocenters. The molecule has 0 saturated heterocycles. The van der Waals surface area contributed by atoms with Gasteiger partial charge in [0.2, 0.25) is 11.3 Å². The molecule has 0 radical (unpaired) electrons. The SMILES string of the molecule is NC(=O)c1cn(CCCCCC(=O)Nc2ccccc2N)c2ccccc2c1=O. The number of carbonyl (C=O) groups excluding carboxylic acids is 2. The molecule has 150 valence electrons. The number of amides is 2. The fraction of sp³-hybridized carbons (Fsp3) is 0.227. The van der Waals surface area contributed by atoms with E-state index in [0.717, 1.165) is 24.8 Å². The van der Waals surface area contributed by atoms with Crippen LogP contribution in [0.15, 0.2) is 59.5 Å². The van der Waals surface area contributed by atoms with Gasteiger partial charge < -0.3 is 21.4 Å². The van der Waals surface area contributed by atoms with E-state index < -0.39 is 5.91 Å². The molecule has 0 aliphatic carbocycles. The molecule has 1 heterocycles. The molecule has 7 nitrogen and oxygen atoms in total. The molecule has 0 aliphatic rings. The molecule has 1 aromatic heterocycles. The van der Waals surface area contributed by atoms with E-state index in [2.05, 4.69) is 5.32 Å². The van der Waals surface area contributed by atoms with Gasteiger partial charge >= 0.3 is 0 Å². The number of rotatable bonds is 8. The van der Waals surface area contributed by atoms with Gasteiger partial charge in [-0.05, 0) is 37.1 Å². The van der Waals surface area contributed by atoms with Crippen LogP contribution in [0.3, 0.4) is 0 Å². The average molecular weight is 392 g/mol. The van der Waals surface area contributed by atoms with Crippen molar-refractivity contribution in [3.8, 4) is 0 Å². The first-order chi connectivity index (χ1) is 14.0.